The number of rotatable bonds is 2. The number of amidine groups is 1. The molecule has 0 radical (unpaired) electrons. The van der Waals surface area contributed by atoms with E-state index < -0.39 is 15.7 Å². The molecule has 102 valence electrons. The summed E-state index contributed by atoms with van der Waals surface area (Å²) in [6.07, 6.45) is 4.33. The summed E-state index contributed by atoms with van der Waals surface area (Å²) in [5.74, 6) is -0.782. The highest BCUT2D eigenvalue weighted by atomic mass is 79.9. The maximum Gasteiger partial charge on any atom is 0.183 e. The highest BCUT2D eigenvalue weighted by molar-refractivity contribution is 9.10. The SMILES string of the molecule is CSC(=Nc1cc(Br)c(S(C)(=O)=O)cc1F)NC#N. The molecule has 5 nitrogen and oxygen atoms in total. The van der Waals surface area contributed by atoms with E-state index in [4.69, 9.17) is 5.26 Å². The van der Waals surface area contributed by atoms with Crippen LogP contribution in [-0.2, 0) is 9.84 Å². The molecule has 0 saturated heterocycles. The van der Waals surface area contributed by atoms with E-state index in [0.29, 0.717) is 0 Å². The second-order valence-corrected chi connectivity index (χ2v) is 7.00. The maximum atomic E-state index is 13.8. The van der Waals surface area contributed by atoms with Gasteiger partial charge in [-0.25, -0.2) is 17.8 Å². The van der Waals surface area contributed by atoms with Gasteiger partial charge in [-0.1, -0.05) is 11.8 Å². The number of nitriles is 1. The Morgan fingerprint density at radius 1 is 1.58 bits per heavy atom. The van der Waals surface area contributed by atoms with Gasteiger partial charge < -0.3 is 0 Å². The second kappa shape index (κ2) is 6.36. The Hall–Kier alpha value is -1.11. The van der Waals surface area contributed by atoms with Crippen molar-refractivity contribution in [2.24, 2.45) is 4.99 Å². The van der Waals surface area contributed by atoms with Crippen molar-refractivity contribution in [3.63, 3.8) is 0 Å². The van der Waals surface area contributed by atoms with E-state index in [0.717, 1.165) is 24.1 Å². The van der Waals surface area contributed by atoms with Crippen LogP contribution in [0, 0.1) is 17.3 Å². The number of aliphatic imine (C=N–C) groups is 1. The minimum absolute atomic E-state index is 0.0635. The molecule has 0 unspecified atom stereocenters. The molecule has 0 heterocycles. The van der Waals surface area contributed by atoms with E-state index in [-0.39, 0.29) is 20.2 Å². The molecule has 0 aliphatic heterocycles. The van der Waals surface area contributed by atoms with Crippen molar-refractivity contribution >= 4 is 48.4 Å². The summed E-state index contributed by atoms with van der Waals surface area (Å²) in [5.41, 5.74) is -0.0635. The van der Waals surface area contributed by atoms with Crippen LogP contribution in [0.25, 0.3) is 0 Å². The third kappa shape index (κ3) is 4.19. The molecule has 1 rings (SSSR count). The predicted molar refractivity (Wildman–Crippen MR) is 76.6 cm³/mol. The molecule has 0 aliphatic carbocycles. The lowest BCUT2D eigenvalue weighted by atomic mass is 10.3. The van der Waals surface area contributed by atoms with Crippen LogP contribution in [0.3, 0.4) is 0 Å². The van der Waals surface area contributed by atoms with Gasteiger partial charge in [0, 0.05) is 10.7 Å². The standard InChI is InChI=1S/C10H9BrFN3O2S2/c1-18-10(14-5-13)15-8-3-6(11)9(4-7(8)12)19(2,16)17/h3-4H,1-2H3,(H,14,15). The molecule has 0 atom stereocenters. The van der Waals surface area contributed by atoms with Crippen molar-refractivity contribution in [1.82, 2.24) is 5.32 Å². The first-order valence-corrected chi connectivity index (χ1v) is 8.67. The molecule has 19 heavy (non-hydrogen) atoms. The monoisotopic (exact) mass is 365 g/mol. The fraction of sp³-hybridized carbons (Fsp3) is 0.200. The molecule has 0 spiro atoms. The van der Waals surface area contributed by atoms with Crippen LogP contribution in [0.5, 0.6) is 0 Å². The van der Waals surface area contributed by atoms with Gasteiger partial charge >= 0.3 is 0 Å². The summed E-state index contributed by atoms with van der Waals surface area (Å²) in [6.45, 7) is 0. The minimum atomic E-state index is -3.53. The molecule has 0 aromatic heterocycles. The quantitative estimate of drug-likeness (QED) is 0.376. The first-order chi connectivity index (χ1) is 8.79. The van der Waals surface area contributed by atoms with Crippen LogP contribution in [0.4, 0.5) is 10.1 Å². The molecule has 0 bridgehead atoms. The zero-order chi connectivity index (χ0) is 14.6. The zero-order valence-electron chi connectivity index (χ0n) is 9.94. The lowest BCUT2D eigenvalue weighted by Gasteiger charge is -2.06. The van der Waals surface area contributed by atoms with Crippen molar-refractivity contribution in [3.8, 4) is 6.19 Å². The summed E-state index contributed by atoms with van der Waals surface area (Å²) >= 11 is 4.19. The molecule has 1 aromatic carbocycles. The molecule has 0 aliphatic rings. The van der Waals surface area contributed by atoms with E-state index in [2.05, 4.69) is 26.2 Å². The topological polar surface area (TPSA) is 82.3 Å². The number of nitrogens with zero attached hydrogens (tertiary/aromatic N) is 2. The highest BCUT2D eigenvalue weighted by Crippen LogP contribution is 2.30. The average Bonchev–Trinajstić information content (AvgIpc) is 2.31. The lowest BCUT2D eigenvalue weighted by Crippen LogP contribution is -2.12. The zero-order valence-corrected chi connectivity index (χ0v) is 13.2. The summed E-state index contributed by atoms with van der Waals surface area (Å²) in [7, 11) is -3.53. The second-order valence-electron chi connectivity index (χ2n) is 3.36. The molecule has 0 saturated carbocycles. The van der Waals surface area contributed by atoms with Crippen LogP contribution in [0.1, 0.15) is 0 Å². The number of nitrogens with one attached hydrogen (secondary N) is 1. The van der Waals surface area contributed by atoms with E-state index >= 15 is 0 Å². The Bertz CT molecular complexity index is 668. The summed E-state index contributed by atoms with van der Waals surface area (Å²) in [5, 5.41) is 11.0. The number of benzene rings is 1. The predicted octanol–water partition coefficient (Wildman–Crippen LogP) is 2.41. The Balaban J connectivity index is 3.35. The van der Waals surface area contributed by atoms with Crippen molar-refractivity contribution in [1.29, 1.82) is 5.26 Å². The van der Waals surface area contributed by atoms with E-state index in [1.807, 2.05) is 0 Å². The smallest absolute Gasteiger partial charge is 0.183 e. The third-order valence-electron chi connectivity index (χ3n) is 1.98. The van der Waals surface area contributed by atoms with Gasteiger partial charge in [0.25, 0.3) is 0 Å². The first-order valence-electron chi connectivity index (χ1n) is 4.76. The van der Waals surface area contributed by atoms with Crippen LogP contribution in [0.2, 0.25) is 0 Å². The van der Waals surface area contributed by atoms with E-state index in [1.165, 1.54) is 6.07 Å². The molecule has 0 fully saturated rings. The van der Waals surface area contributed by atoms with Crippen molar-refractivity contribution in [3.05, 3.63) is 22.4 Å². The van der Waals surface area contributed by atoms with E-state index in [1.54, 1.807) is 12.4 Å². The van der Waals surface area contributed by atoms with Crippen LogP contribution in [0.15, 0.2) is 26.5 Å². The average molecular weight is 366 g/mol. The van der Waals surface area contributed by atoms with Gasteiger partial charge in [-0.15, -0.1) is 0 Å². The summed E-state index contributed by atoms with van der Waals surface area (Å²) in [6, 6.07) is 2.14. The molecule has 9 heteroatoms. The highest BCUT2D eigenvalue weighted by Gasteiger charge is 2.16. The van der Waals surface area contributed by atoms with Gasteiger partial charge in [-0.05, 0) is 34.3 Å². The van der Waals surface area contributed by atoms with Crippen LogP contribution in [-0.4, -0.2) is 26.1 Å². The number of thioether (sulfide) groups is 1. The number of hydrogen-bond donors (Lipinski definition) is 1. The minimum Gasteiger partial charge on any atom is -0.271 e. The molecular weight excluding hydrogens is 357 g/mol. The fourth-order valence-electron chi connectivity index (χ4n) is 1.17. The molecule has 1 aromatic rings. The molecular formula is C10H9BrFN3O2S2. The van der Waals surface area contributed by atoms with Gasteiger partial charge in [0.2, 0.25) is 0 Å². The maximum absolute atomic E-state index is 13.8. The largest absolute Gasteiger partial charge is 0.271 e. The summed E-state index contributed by atoms with van der Waals surface area (Å²) < 4.78 is 36.8. The molecule has 0 amide bonds. The van der Waals surface area contributed by atoms with Gasteiger partial charge in [0.15, 0.2) is 21.2 Å². The first kappa shape index (κ1) is 15.9. The normalized spacial score (nSPS) is 12.1. The Labute approximate surface area is 123 Å². The fourth-order valence-corrected chi connectivity index (χ4v) is 3.45. The number of halogens is 2. The van der Waals surface area contributed by atoms with Gasteiger partial charge in [0.05, 0.1) is 4.90 Å². The third-order valence-corrected chi connectivity index (χ3v) is 4.61. The van der Waals surface area contributed by atoms with Crippen molar-refractivity contribution in [2.45, 2.75) is 4.90 Å². The molecule has 1 N–H and O–H groups in total. The number of sulfone groups is 1. The van der Waals surface area contributed by atoms with Gasteiger partial charge in [-0.3, -0.25) is 5.32 Å². The van der Waals surface area contributed by atoms with Crippen LogP contribution >= 0.6 is 27.7 Å². The summed E-state index contributed by atoms with van der Waals surface area (Å²) in [4.78, 5) is 3.75. The lowest BCUT2D eigenvalue weighted by molar-refractivity contribution is 0.595. The van der Waals surface area contributed by atoms with Gasteiger partial charge in [-0.2, -0.15) is 5.26 Å². The van der Waals surface area contributed by atoms with Gasteiger partial charge in [0.1, 0.15) is 11.5 Å². The Morgan fingerprint density at radius 3 is 2.68 bits per heavy atom. The van der Waals surface area contributed by atoms with E-state index in [9.17, 15) is 12.8 Å². The van der Waals surface area contributed by atoms with Crippen molar-refractivity contribution < 1.29 is 12.8 Å². The van der Waals surface area contributed by atoms with Crippen LogP contribution < -0.4 is 5.32 Å². The Kier molecular flexibility index (Phi) is 5.34. The number of hydrogen-bond acceptors (Lipinski definition) is 5. The van der Waals surface area contributed by atoms with Crippen molar-refractivity contribution in [2.75, 3.05) is 12.5 Å². The Morgan fingerprint density at radius 2 is 2.21 bits per heavy atom.